The first kappa shape index (κ1) is 14.9. The van der Waals surface area contributed by atoms with Crippen molar-refractivity contribution in [3.8, 4) is 5.75 Å². The molecule has 0 atom stereocenters. The molecule has 0 unspecified atom stereocenters. The molecule has 0 aliphatic heterocycles. The molecule has 0 spiro atoms. The topological polar surface area (TPSA) is 44.1 Å². The molecule has 0 N–H and O–H groups in total. The van der Waals surface area contributed by atoms with Crippen LogP contribution in [0.15, 0.2) is 24.4 Å². The van der Waals surface area contributed by atoms with Gasteiger partial charge in [-0.1, -0.05) is 30.1 Å². The first-order valence-corrected chi connectivity index (χ1v) is 6.93. The molecule has 6 heteroatoms. The predicted molar refractivity (Wildman–Crippen MR) is 79.0 cm³/mol. The van der Waals surface area contributed by atoms with Crippen LogP contribution in [0.4, 0.5) is 0 Å². The van der Waals surface area contributed by atoms with Gasteiger partial charge in [0.2, 0.25) is 5.78 Å². The molecular formula is C14H14Cl2N2O2. The Morgan fingerprint density at radius 3 is 2.50 bits per heavy atom. The largest absolute Gasteiger partial charge is 0.493 e. The monoisotopic (exact) mass is 312 g/mol. The SMILES string of the molecule is CCCn1ncc(OC)c1C(=O)c1cc(Cl)cc(Cl)c1. The predicted octanol–water partition coefficient (Wildman–Crippen LogP) is 3.84. The van der Waals surface area contributed by atoms with Gasteiger partial charge in [-0.15, -0.1) is 0 Å². The average Bonchev–Trinajstić information content (AvgIpc) is 2.80. The molecule has 1 aromatic heterocycles. The molecule has 106 valence electrons. The molecule has 20 heavy (non-hydrogen) atoms. The fraction of sp³-hybridized carbons (Fsp3) is 0.286. The molecule has 2 aromatic rings. The van der Waals surface area contributed by atoms with Crippen LogP contribution in [0.1, 0.15) is 29.4 Å². The smallest absolute Gasteiger partial charge is 0.214 e. The van der Waals surface area contributed by atoms with Gasteiger partial charge < -0.3 is 4.74 Å². The molecule has 0 aliphatic carbocycles. The van der Waals surface area contributed by atoms with Gasteiger partial charge in [0.1, 0.15) is 0 Å². The van der Waals surface area contributed by atoms with Crippen molar-refractivity contribution in [2.45, 2.75) is 19.9 Å². The van der Waals surface area contributed by atoms with Crippen molar-refractivity contribution in [2.24, 2.45) is 0 Å². The lowest BCUT2D eigenvalue weighted by atomic mass is 10.1. The van der Waals surface area contributed by atoms with E-state index in [2.05, 4.69) is 5.10 Å². The van der Waals surface area contributed by atoms with E-state index in [1.165, 1.54) is 13.3 Å². The summed E-state index contributed by atoms with van der Waals surface area (Å²) in [6.45, 7) is 2.65. The number of ether oxygens (including phenoxy) is 1. The van der Waals surface area contributed by atoms with Gasteiger partial charge in [-0.2, -0.15) is 5.10 Å². The summed E-state index contributed by atoms with van der Waals surface area (Å²) < 4.78 is 6.84. The van der Waals surface area contributed by atoms with Gasteiger partial charge in [-0.25, -0.2) is 0 Å². The minimum Gasteiger partial charge on any atom is -0.493 e. The van der Waals surface area contributed by atoms with Crippen molar-refractivity contribution < 1.29 is 9.53 Å². The third-order valence-electron chi connectivity index (χ3n) is 2.80. The van der Waals surface area contributed by atoms with E-state index in [-0.39, 0.29) is 5.78 Å². The number of aromatic nitrogens is 2. The number of carbonyl (C=O) groups excluding carboxylic acids is 1. The summed E-state index contributed by atoms with van der Waals surface area (Å²) in [5, 5.41) is 5.01. The van der Waals surface area contributed by atoms with Crippen LogP contribution in [-0.2, 0) is 6.54 Å². The number of carbonyl (C=O) groups is 1. The second-order valence-electron chi connectivity index (χ2n) is 4.27. The maximum Gasteiger partial charge on any atom is 0.214 e. The molecule has 2 rings (SSSR count). The van der Waals surface area contributed by atoms with E-state index in [1.807, 2.05) is 6.92 Å². The maximum atomic E-state index is 12.6. The molecule has 4 nitrogen and oxygen atoms in total. The van der Waals surface area contributed by atoms with Crippen molar-refractivity contribution in [1.29, 1.82) is 0 Å². The highest BCUT2D eigenvalue weighted by molar-refractivity contribution is 6.35. The van der Waals surface area contributed by atoms with Gasteiger partial charge in [-0.3, -0.25) is 9.48 Å². The van der Waals surface area contributed by atoms with Gasteiger partial charge in [0.15, 0.2) is 11.4 Å². The highest BCUT2D eigenvalue weighted by Gasteiger charge is 2.21. The van der Waals surface area contributed by atoms with Gasteiger partial charge in [0.05, 0.1) is 13.3 Å². The molecule has 0 saturated carbocycles. The summed E-state index contributed by atoms with van der Waals surface area (Å²) >= 11 is 11.9. The standard InChI is InChI=1S/C14H14Cl2N2O2/c1-3-4-18-13(12(20-2)8-17-18)14(19)9-5-10(15)7-11(16)6-9/h5-8H,3-4H2,1-2H3. The molecule has 0 bridgehead atoms. The molecule has 0 saturated heterocycles. The Hall–Kier alpha value is -1.52. The summed E-state index contributed by atoms with van der Waals surface area (Å²) in [5.41, 5.74) is 0.825. The average molecular weight is 313 g/mol. The van der Waals surface area contributed by atoms with Gasteiger partial charge >= 0.3 is 0 Å². The first-order valence-electron chi connectivity index (χ1n) is 6.17. The Morgan fingerprint density at radius 2 is 1.95 bits per heavy atom. The van der Waals surface area contributed by atoms with Crippen molar-refractivity contribution >= 4 is 29.0 Å². The number of nitrogens with zero attached hydrogens (tertiary/aromatic N) is 2. The Morgan fingerprint density at radius 1 is 1.30 bits per heavy atom. The number of hydrogen-bond acceptors (Lipinski definition) is 3. The highest BCUT2D eigenvalue weighted by Crippen LogP contribution is 2.25. The summed E-state index contributed by atoms with van der Waals surface area (Å²) in [5.74, 6) is 0.233. The van der Waals surface area contributed by atoms with Gasteiger partial charge in [0, 0.05) is 22.2 Å². The molecule has 0 fully saturated rings. The summed E-state index contributed by atoms with van der Waals surface area (Å²) in [6, 6.07) is 4.75. The maximum absolute atomic E-state index is 12.6. The third kappa shape index (κ3) is 2.97. The lowest BCUT2D eigenvalue weighted by Gasteiger charge is -2.08. The van der Waals surface area contributed by atoms with Crippen molar-refractivity contribution in [3.63, 3.8) is 0 Å². The summed E-state index contributed by atoms with van der Waals surface area (Å²) in [6.07, 6.45) is 2.40. The lowest BCUT2D eigenvalue weighted by Crippen LogP contribution is -2.12. The van der Waals surface area contributed by atoms with E-state index in [0.717, 1.165) is 6.42 Å². The zero-order chi connectivity index (χ0) is 14.7. The molecule has 0 radical (unpaired) electrons. The van der Waals surface area contributed by atoms with Crippen LogP contribution in [0.3, 0.4) is 0 Å². The minimum atomic E-state index is -0.211. The molecule has 1 aromatic carbocycles. The zero-order valence-corrected chi connectivity index (χ0v) is 12.7. The number of rotatable bonds is 5. The van der Waals surface area contributed by atoms with Crippen LogP contribution >= 0.6 is 23.2 Å². The van der Waals surface area contributed by atoms with Crippen LogP contribution in [-0.4, -0.2) is 22.7 Å². The van der Waals surface area contributed by atoms with E-state index in [0.29, 0.717) is 33.6 Å². The first-order chi connectivity index (χ1) is 9.56. The van der Waals surface area contributed by atoms with Crippen LogP contribution in [0.5, 0.6) is 5.75 Å². The Labute approximate surface area is 127 Å². The number of ketones is 1. The van der Waals surface area contributed by atoms with Crippen LogP contribution in [0.25, 0.3) is 0 Å². The van der Waals surface area contributed by atoms with Crippen LogP contribution < -0.4 is 4.74 Å². The fourth-order valence-corrected chi connectivity index (χ4v) is 2.48. The third-order valence-corrected chi connectivity index (χ3v) is 3.24. The lowest BCUT2D eigenvalue weighted by molar-refractivity contribution is 0.102. The Kier molecular flexibility index (Phi) is 4.68. The number of aryl methyl sites for hydroxylation is 1. The Balaban J connectivity index is 2.49. The number of methoxy groups -OCH3 is 1. The van der Waals surface area contributed by atoms with Crippen molar-refractivity contribution in [1.82, 2.24) is 9.78 Å². The van der Waals surface area contributed by atoms with E-state index in [4.69, 9.17) is 27.9 Å². The number of halogens is 2. The van der Waals surface area contributed by atoms with Crippen LogP contribution in [0, 0.1) is 0 Å². The normalized spacial score (nSPS) is 10.6. The van der Waals surface area contributed by atoms with E-state index in [1.54, 1.807) is 22.9 Å². The fourth-order valence-electron chi connectivity index (χ4n) is 1.95. The quantitative estimate of drug-likeness (QED) is 0.788. The number of hydrogen-bond donors (Lipinski definition) is 0. The number of benzene rings is 1. The molecular weight excluding hydrogens is 299 g/mol. The van der Waals surface area contributed by atoms with E-state index >= 15 is 0 Å². The van der Waals surface area contributed by atoms with Gasteiger partial charge in [-0.05, 0) is 24.6 Å². The molecule has 0 amide bonds. The minimum absolute atomic E-state index is 0.211. The van der Waals surface area contributed by atoms with E-state index < -0.39 is 0 Å². The van der Waals surface area contributed by atoms with Crippen LogP contribution in [0.2, 0.25) is 10.0 Å². The van der Waals surface area contributed by atoms with Crippen molar-refractivity contribution in [2.75, 3.05) is 7.11 Å². The second kappa shape index (κ2) is 6.29. The molecule has 0 aliphatic rings. The van der Waals surface area contributed by atoms with Gasteiger partial charge in [0.25, 0.3) is 0 Å². The molecule has 1 heterocycles. The van der Waals surface area contributed by atoms with Crippen molar-refractivity contribution in [3.05, 3.63) is 45.7 Å². The second-order valence-corrected chi connectivity index (χ2v) is 5.14. The Bertz CT molecular complexity index is 618. The zero-order valence-electron chi connectivity index (χ0n) is 11.2. The summed E-state index contributed by atoms with van der Waals surface area (Å²) in [4.78, 5) is 12.6. The van der Waals surface area contributed by atoms with E-state index in [9.17, 15) is 4.79 Å². The summed E-state index contributed by atoms with van der Waals surface area (Å²) in [7, 11) is 1.51. The highest BCUT2D eigenvalue weighted by atomic mass is 35.5.